The number of rotatable bonds is 6. The molecule has 110 valence electrons. The highest BCUT2D eigenvalue weighted by Gasteiger charge is 2.03. The van der Waals surface area contributed by atoms with Crippen molar-refractivity contribution in [3.63, 3.8) is 0 Å². The van der Waals surface area contributed by atoms with Crippen molar-refractivity contribution >= 4 is 17.5 Å². The second kappa shape index (κ2) is 7.70. The van der Waals surface area contributed by atoms with Crippen LogP contribution in [-0.4, -0.2) is 19.1 Å². The van der Waals surface area contributed by atoms with E-state index >= 15 is 0 Å². The fraction of sp³-hybridized carbons (Fsp3) is 0.235. The quantitative estimate of drug-likeness (QED) is 0.831. The maximum atomic E-state index is 11.8. The standard InChI is InChI=1S/C17H18ClNO2/c1-13-2-8-16(9-3-13)21-11-10-19-17(20)12-14-4-6-15(18)7-5-14/h2-9H,10-12H2,1H3,(H,19,20). The van der Waals surface area contributed by atoms with Crippen molar-refractivity contribution < 1.29 is 9.53 Å². The molecular weight excluding hydrogens is 286 g/mol. The van der Waals surface area contributed by atoms with Crippen LogP contribution in [0.4, 0.5) is 0 Å². The van der Waals surface area contributed by atoms with Gasteiger partial charge in [-0.15, -0.1) is 0 Å². The number of benzene rings is 2. The lowest BCUT2D eigenvalue weighted by molar-refractivity contribution is -0.120. The van der Waals surface area contributed by atoms with E-state index in [4.69, 9.17) is 16.3 Å². The molecule has 0 atom stereocenters. The molecule has 0 aromatic heterocycles. The first kappa shape index (κ1) is 15.4. The summed E-state index contributed by atoms with van der Waals surface area (Å²) < 4.78 is 5.55. The molecule has 0 bridgehead atoms. The van der Waals surface area contributed by atoms with Gasteiger partial charge in [-0.1, -0.05) is 41.4 Å². The van der Waals surface area contributed by atoms with Gasteiger partial charge in [0.1, 0.15) is 12.4 Å². The molecule has 2 rings (SSSR count). The molecule has 4 heteroatoms. The summed E-state index contributed by atoms with van der Waals surface area (Å²) in [6.07, 6.45) is 0.349. The summed E-state index contributed by atoms with van der Waals surface area (Å²) in [5, 5.41) is 3.50. The molecule has 1 amide bonds. The highest BCUT2D eigenvalue weighted by molar-refractivity contribution is 6.30. The third kappa shape index (κ3) is 5.48. The van der Waals surface area contributed by atoms with Crippen molar-refractivity contribution in [2.24, 2.45) is 0 Å². The molecule has 0 fully saturated rings. The summed E-state index contributed by atoms with van der Waals surface area (Å²) in [5.74, 6) is 0.789. The zero-order valence-corrected chi connectivity index (χ0v) is 12.7. The van der Waals surface area contributed by atoms with E-state index in [1.165, 1.54) is 5.56 Å². The summed E-state index contributed by atoms with van der Waals surface area (Å²) in [4.78, 5) is 11.8. The predicted molar refractivity (Wildman–Crippen MR) is 84.8 cm³/mol. The Labute approximate surface area is 129 Å². The van der Waals surface area contributed by atoms with Crippen LogP contribution in [-0.2, 0) is 11.2 Å². The molecule has 0 spiro atoms. The molecule has 0 aliphatic rings. The summed E-state index contributed by atoms with van der Waals surface area (Å²) in [5.41, 5.74) is 2.13. The van der Waals surface area contributed by atoms with Gasteiger partial charge in [-0.2, -0.15) is 0 Å². The van der Waals surface area contributed by atoms with Gasteiger partial charge in [0, 0.05) is 5.02 Å². The second-order valence-electron chi connectivity index (χ2n) is 4.81. The first-order valence-corrected chi connectivity index (χ1v) is 7.22. The Balaban J connectivity index is 1.67. The number of carbonyl (C=O) groups is 1. The largest absolute Gasteiger partial charge is 0.492 e. The van der Waals surface area contributed by atoms with Crippen molar-refractivity contribution in [3.05, 3.63) is 64.7 Å². The third-order valence-corrected chi connectivity index (χ3v) is 3.24. The Hall–Kier alpha value is -2.00. The van der Waals surface area contributed by atoms with Gasteiger partial charge in [-0.25, -0.2) is 0 Å². The van der Waals surface area contributed by atoms with E-state index < -0.39 is 0 Å². The summed E-state index contributed by atoms with van der Waals surface area (Å²) >= 11 is 5.80. The van der Waals surface area contributed by atoms with Gasteiger partial charge in [0.05, 0.1) is 13.0 Å². The number of aryl methyl sites for hydroxylation is 1. The van der Waals surface area contributed by atoms with Gasteiger partial charge in [-0.3, -0.25) is 4.79 Å². The maximum Gasteiger partial charge on any atom is 0.224 e. The minimum Gasteiger partial charge on any atom is -0.492 e. The number of hydrogen-bond acceptors (Lipinski definition) is 2. The topological polar surface area (TPSA) is 38.3 Å². The highest BCUT2D eigenvalue weighted by Crippen LogP contribution is 2.11. The SMILES string of the molecule is Cc1ccc(OCCNC(=O)Cc2ccc(Cl)cc2)cc1. The first-order chi connectivity index (χ1) is 10.1. The lowest BCUT2D eigenvalue weighted by Gasteiger charge is -2.08. The summed E-state index contributed by atoms with van der Waals surface area (Å²) in [6, 6.07) is 15.1. The molecule has 2 aromatic carbocycles. The van der Waals surface area contributed by atoms with Crippen molar-refractivity contribution in [3.8, 4) is 5.75 Å². The smallest absolute Gasteiger partial charge is 0.224 e. The van der Waals surface area contributed by atoms with Crippen LogP contribution in [0.5, 0.6) is 5.75 Å². The van der Waals surface area contributed by atoms with Crippen LogP contribution in [0.15, 0.2) is 48.5 Å². The van der Waals surface area contributed by atoms with Crippen molar-refractivity contribution in [2.75, 3.05) is 13.2 Å². The number of nitrogens with one attached hydrogen (secondary N) is 1. The van der Waals surface area contributed by atoms with Gasteiger partial charge >= 0.3 is 0 Å². The van der Waals surface area contributed by atoms with Gasteiger partial charge in [-0.05, 0) is 36.8 Å². The number of hydrogen-bond donors (Lipinski definition) is 1. The second-order valence-corrected chi connectivity index (χ2v) is 5.25. The molecule has 2 aromatic rings. The number of ether oxygens (including phenoxy) is 1. The van der Waals surface area contributed by atoms with Gasteiger partial charge < -0.3 is 10.1 Å². The van der Waals surface area contributed by atoms with E-state index in [9.17, 15) is 4.79 Å². The molecule has 0 saturated heterocycles. The highest BCUT2D eigenvalue weighted by atomic mass is 35.5. The van der Waals surface area contributed by atoms with Crippen molar-refractivity contribution in [1.29, 1.82) is 0 Å². The third-order valence-electron chi connectivity index (χ3n) is 2.99. The normalized spacial score (nSPS) is 10.2. The molecular formula is C17H18ClNO2. The first-order valence-electron chi connectivity index (χ1n) is 6.84. The minimum absolute atomic E-state index is 0.0233. The molecule has 21 heavy (non-hydrogen) atoms. The average molecular weight is 304 g/mol. The monoisotopic (exact) mass is 303 g/mol. The lowest BCUT2D eigenvalue weighted by Crippen LogP contribution is -2.29. The zero-order chi connectivity index (χ0) is 15.1. The van der Waals surface area contributed by atoms with E-state index in [1.54, 1.807) is 12.1 Å². The predicted octanol–water partition coefficient (Wildman–Crippen LogP) is 3.39. The molecule has 3 nitrogen and oxygen atoms in total. The fourth-order valence-electron chi connectivity index (χ4n) is 1.84. The van der Waals surface area contributed by atoms with Crippen LogP contribution in [0.2, 0.25) is 5.02 Å². The zero-order valence-electron chi connectivity index (χ0n) is 11.9. The Morgan fingerprint density at radius 3 is 2.43 bits per heavy atom. The Bertz CT molecular complexity index is 579. The Morgan fingerprint density at radius 2 is 1.76 bits per heavy atom. The van der Waals surface area contributed by atoms with Crippen LogP contribution < -0.4 is 10.1 Å². The van der Waals surface area contributed by atoms with Crippen LogP contribution in [0.1, 0.15) is 11.1 Å². The van der Waals surface area contributed by atoms with E-state index in [0.29, 0.717) is 24.6 Å². The van der Waals surface area contributed by atoms with E-state index in [1.807, 2.05) is 43.3 Å². The molecule has 0 aliphatic carbocycles. The van der Waals surface area contributed by atoms with Crippen molar-refractivity contribution in [1.82, 2.24) is 5.32 Å². The van der Waals surface area contributed by atoms with Crippen LogP contribution in [0, 0.1) is 6.92 Å². The maximum absolute atomic E-state index is 11.8. The molecule has 0 radical (unpaired) electrons. The van der Waals surface area contributed by atoms with Gasteiger partial charge in [0.2, 0.25) is 5.91 Å². The number of amides is 1. The lowest BCUT2D eigenvalue weighted by atomic mass is 10.1. The Morgan fingerprint density at radius 1 is 1.10 bits per heavy atom. The Kier molecular flexibility index (Phi) is 5.64. The minimum atomic E-state index is -0.0233. The molecule has 0 heterocycles. The molecule has 0 aliphatic heterocycles. The van der Waals surface area contributed by atoms with E-state index in [-0.39, 0.29) is 5.91 Å². The molecule has 0 saturated carbocycles. The van der Waals surface area contributed by atoms with Crippen LogP contribution in [0.3, 0.4) is 0 Å². The summed E-state index contributed by atoms with van der Waals surface area (Å²) in [6.45, 7) is 2.97. The average Bonchev–Trinajstić information content (AvgIpc) is 2.48. The molecule has 1 N–H and O–H groups in total. The van der Waals surface area contributed by atoms with E-state index in [2.05, 4.69) is 5.32 Å². The fourth-order valence-corrected chi connectivity index (χ4v) is 1.97. The summed E-state index contributed by atoms with van der Waals surface area (Å²) in [7, 11) is 0. The van der Waals surface area contributed by atoms with Gasteiger partial charge in [0.15, 0.2) is 0 Å². The number of carbonyl (C=O) groups excluding carboxylic acids is 1. The van der Waals surface area contributed by atoms with Crippen molar-refractivity contribution in [2.45, 2.75) is 13.3 Å². The molecule has 0 unspecified atom stereocenters. The number of halogens is 1. The van der Waals surface area contributed by atoms with E-state index in [0.717, 1.165) is 11.3 Å². The van der Waals surface area contributed by atoms with Crippen LogP contribution >= 0.6 is 11.6 Å². The van der Waals surface area contributed by atoms with Gasteiger partial charge in [0.25, 0.3) is 0 Å². The van der Waals surface area contributed by atoms with Crippen LogP contribution in [0.25, 0.3) is 0 Å².